The lowest BCUT2D eigenvalue weighted by molar-refractivity contribution is 0.389. The average molecular weight is 312 g/mol. The van der Waals surface area contributed by atoms with Crippen LogP contribution in [0.5, 0.6) is 11.5 Å². The summed E-state index contributed by atoms with van der Waals surface area (Å²) in [5.41, 5.74) is 3.26. The van der Waals surface area contributed by atoms with Crippen molar-refractivity contribution in [3.63, 3.8) is 0 Å². The summed E-state index contributed by atoms with van der Waals surface area (Å²) < 4.78 is 12.6. The Morgan fingerprint density at radius 2 is 1.91 bits per heavy atom. The Labute approximate surface area is 135 Å². The van der Waals surface area contributed by atoms with Crippen LogP contribution < -0.4 is 14.8 Å². The molecule has 2 heterocycles. The number of nitrogens with zero attached hydrogens (tertiary/aromatic N) is 3. The molecule has 0 fully saturated rings. The quantitative estimate of drug-likeness (QED) is 0.757. The molecule has 0 saturated carbocycles. The number of aryl methyl sites for hydroxylation is 1. The molecule has 0 aliphatic rings. The lowest BCUT2D eigenvalue weighted by atomic mass is 10.2. The van der Waals surface area contributed by atoms with Crippen LogP contribution in [0.1, 0.15) is 16.8 Å². The van der Waals surface area contributed by atoms with Crippen molar-refractivity contribution in [2.45, 2.75) is 20.0 Å². The summed E-state index contributed by atoms with van der Waals surface area (Å²) in [6.07, 6.45) is 5.71. The SMILES string of the molecule is COc1ccc(CNCc2cnc3ncc(C)cn23)c(OC)c1. The molecule has 23 heavy (non-hydrogen) atoms. The van der Waals surface area contributed by atoms with E-state index in [0.29, 0.717) is 13.1 Å². The van der Waals surface area contributed by atoms with Crippen molar-refractivity contribution in [3.8, 4) is 11.5 Å². The minimum Gasteiger partial charge on any atom is -0.497 e. The van der Waals surface area contributed by atoms with E-state index in [2.05, 4.69) is 15.3 Å². The van der Waals surface area contributed by atoms with Crippen molar-refractivity contribution in [1.82, 2.24) is 19.7 Å². The maximum absolute atomic E-state index is 5.41. The standard InChI is InChI=1S/C17H20N4O2/c1-12-7-19-17-20-10-14(21(17)11-12)9-18-8-13-4-5-15(22-2)6-16(13)23-3/h4-7,10-11,18H,8-9H2,1-3H3. The highest BCUT2D eigenvalue weighted by Gasteiger charge is 2.07. The van der Waals surface area contributed by atoms with Crippen molar-refractivity contribution < 1.29 is 9.47 Å². The second-order valence-corrected chi connectivity index (χ2v) is 5.33. The molecule has 0 aliphatic heterocycles. The lowest BCUT2D eigenvalue weighted by Gasteiger charge is -2.11. The zero-order chi connectivity index (χ0) is 16.2. The maximum Gasteiger partial charge on any atom is 0.233 e. The number of rotatable bonds is 6. The average Bonchev–Trinajstić information content (AvgIpc) is 2.97. The Bertz CT molecular complexity index is 813. The molecule has 0 aliphatic carbocycles. The van der Waals surface area contributed by atoms with Gasteiger partial charge in [0.1, 0.15) is 11.5 Å². The fourth-order valence-corrected chi connectivity index (χ4v) is 2.47. The van der Waals surface area contributed by atoms with Crippen LogP contribution in [0.15, 0.2) is 36.8 Å². The Hall–Kier alpha value is -2.60. The summed E-state index contributed by atoms with van der Waals surface area (Å²) in [5.74, 6) is 2.32. The van der Waals surface area contributed by atoms with Crippen molar-refractivity contribution in [2.75, 3.05) is 14.2 Å². The third-order valence-electron chi connectivity index (χ3n) is 3.69. The van der Waals surface area contributed by atoms with Gasteiger partial charge in [-0.05, 0) is 18.6 Å². The molecule has 0 radical (unpaired) electrons. The molecule has 6 nitrogen and oxygen atoms in total. The summed E-state index contributed by atoms with van der Waals surface area (Å²) in [5, 5.41) is 3.42. The molecule has 0 saturated heterocycles. The second-order valence-electron chi connectivity index (χ2n) is 5.33. The van der Waals surface area contributed by atoms with Gasteiger partial charge in [-0.1, -0.05) is 6.07 Å². The second kappa shape index (κ2) is 6.66. The van der Waals surface area contributed by atoms with Crippen LogP contribution >= 0.6 is 0 Å². The molecule has 2 aromatic heterocycles. The Kier molecular flexibility index (Phi) is 4.43. The zero-order valence-corrected chi connectivity index (χ0v) is 13.5. The molecule has 1 aromatic carbocycles. The van der Waals surface area contributed by atoms with Gasteiger partial charge in [-0.3, -0.25) is 4.40 Å². The first kappa shape index (κ1) is 15.3. The van der Waals surface area contributed by atoms with Gasteiger partial charge in [-0.15, -0.1) is 0 Å². The van der Waals surface area contributed by atoms with Gasteiger partial charge in [0.15, 0.2) is 0 Å². The highest BCUT2D eigenvalue weighted by Crippen LogP contribution is 2.24. The summed E-state index contributed by atoms with van der Waals surface area (Å²) in [6.45, 7) is 3.41. The van der Waals surface area contributed by atoms with Crippen LogP contribution in [-0.2, 0) is 13.1 Å². The number of ether oxygens (including phenoxy) is 2. The normalized spacial score (nSPS) is 10.9. The maximum atomic E-state index is 5.41. The molecule has 0 spiro atoms. The number of aromatic nitrogens is 3. The van der Waals surface area contributed by atoms with Gasteiger partial charge in [-0.2, -0.15) is 0 Å². The van der Waals surface area contributed by atoms with Crippen LogP contribution in [0.2, 0.25) is 0 Å². The highest BCUT2D eigenvalue weighted by molar-refractivity contribution is 5.40. The van der Waals surface area contributed by atoms with Crippen LogP contribution in [0.4, 0.5) is 0 Å². The fraction of sp³-hybridized carbons (Fsp3) is 0.294. The van der Waals surface area contributed by atoms with E-state index in [9.17, 15) is 0 Å². The monoisotopic (exact) mass is 312 g/mol. The first-order valence-corrected chi connectivity index (χ1v) is 7.41. The largest absolute Gasteiger partial charge is 0.497 e. The zero-order valence-electron chi connectivity index (χ0n) is 13.5. The molecule has 0 amide bonds. The Morgan fingerprint density at radius 3 is 2.70 bits per heavy atom. The van der Waals surface area contributed by atoms with E-state index in [1.165, 1.54) is 0 Å². The van der Waals surface area contributed by atoms with E-state index in [4.69, 9.17) is 9.47 Å². The summed E-state index contributed by atoms with van der Waals surface area (Å²) in [6, 6.07) is 5.82. The van der Waals surface area contributed by atoms with Crippen LogP contribution in [-0.4, -0.2) is 28.6 Å². The molecular formula is C17H20N4O2. The molecule has 1 N–H and O–H groups in total. The molecule has 0 unspecified atom stereocenters. The van der Waals surface area contributed by atoms with Gasteiger partial charge in [0, 0.05) is 37.1 Å². The third-order valence-corrected chi connectivity index (χ3v) is 3.69. The Morgan fingerprint density at radius 1 is 1.09 bits per heavy atom. The van der Waals surface area contributed by atoms with Crippen LogP contribution in [0.3, 0.4) is 0 Å². The predicted octanol–water partition coefficient (Wildman–Crippen LogP) is 2.34. The molecule has 0 bridgehead atoms. The first-order valence-electron chi connectivity index (χ1n) is 7.41. The van der Waals surface area contributed by atoms with Gasteiger partial charge in [-0.25, -0.2) is 9.97 Å². The number of methoxy groups -OCH3 is 2. The van der Waals surface area contributed by atoms with Crippen LogP contribution in [0.25, 0.3) is 5.78 Å². The summed E-state index contributed by atoms with van der Waals surface area (Å²) >= 11 is 0. The first-order chi connectivity index (χ1) is 11.2. The third kappa shape index (κ3) is 3.27. The smallest absolute Gasteiger partial charge is 0.233 e. The lowest BCUT2D eigenvalue weighted by Crippen LogP contribution is -2.15. The topological polar surface area (TPSA) is 60.7 Å². The van der Waals surface area contributed by atoms with Crippen molar-refractivity contribution >= 4 is 5.78 Å². The van der Waals surface area contributed by atoms with Gasteiger partial charge < -0.3 is 14.8 Å². The van der Waals surface area contributed by atoms with E-state index >= 15 is 0 Å². The van der Waals surface area contributed by atoms with Gasteiger partial charge in [0.2, 0.25) is 5.78 Å². The van der Waals surface area contributed by atoms with E-state index in [1.807, 2.05) is 48.1 Å². The van der Waals surface area contributed by atoms with Crippen molar-refractivity contribution in [2.24, 2.45) is 0 Å². The van der Waals surface area contributed by atoms with E-state index in [1.54, 1.807) is 14.2 Å². The van der Waals surface area contributed by atoms with E-state index < -0.39 is 0 Å². The molecule has 120 valence electrons. The molecule has 3 rings (SSSR count). The number of hydrogen-bond acceptors (Lipinski definition) is 5. The number of imidazole rings is 1. The van der Waals surface area contributed by atoms with Crippen molar-refractivity contribution in [3.05, 3.63) is 53.6 Å². The van der Waals surface area contributed by atoms with Crippen molar-refractivity contribution in [1.29, 1.82) is 0 Å². The minimum atomic E-state index is 0.694. The number of benzene rings is 1. The minimum absolute atomic E-state index is 0.694. The van der Waals surface area contributed by atoms with Crippen LogP contribution in [0, 0.1) is 6.92 Å². The van der Waals surface area contributed by atoms with E-state index in [0.717, 1.165) is 34.1 Å². The summed E-state index contributed by atoms with van der Waals surface area (Å²) in [7, 11) is 3.31. The summed E-state index contributed by atoms with van der Waals surface area (Å²) in [4.78, 5) is 8.62. The number of hydrogen-bond donors (Lipinski definition) is 1. The Balaban J connectivity index is 1.70. The molecule has 0 atom stereocenters. The molecule has 3 aromatic rings. The number of nitrogens with one attached hydrogen (secondary N) is 1. The van der Waals surface area contributed by atoms with Gasteiger partial charge >= 0.3 is 0 Å². The molecular weight excluding hydrogens is 292 g/mol. The highest BCUT2D eigenvalue weighted by atomic mass is 16.5. The molecule has 6 heteroatoms. The number of fused-ring (bicyclic) bond motifs is 1. The van der Waals surface area contributed by atoms with Gasteiger partial charge in [0.25, 0.3) is 0 Å². The predicted molar refractivity (Wildman–Crippen MR) is 87.8 cm³/mol. The van der Waals surface area contributed by atoms with Gasteiger partial charge in [0.05, 0.1) is 26.1 Å². The van der Waals surface area contributed by atoms with E-state index in [-0.39, 0.29) is 0 Å². The fourth-order valence-electron chi connectivity index (χ4n) is 2.47.